The summed E-state index contributed by atoms with van der Waals surface area (Å²) in [6, 6.07) is 12.3. The van der Waals surface area contributed by atoms with Crippen molar-refractivity contribution in [3.05, 3.63) is 82.9 Å². The number of rotatable bonds is 14. The number of carbonyl (C=O) groups excluding carboxylic acids is 8. The maximum absolute atomic E-state index is 14.8. The summed E-state index contributed by atoms with van der Waals surface area (Å²) in [5.74, 6) is -7.73. The molecule has 1 heterocycles. The van der Waals surface area contributed by atoms with Gasteiger partial charge in [-0.3, -0.25) is 19.2 Å². The van der Waals surface area contributed by atoms with E-state index in [0.717, 1.165) is 19.6 Å². The number of allylic oxidation sites excluding steroid dienone is 2. The van der Waals surface area contributed by atoms with Crippen LogP contribution in [0.1, 0.15) is 117 Å². The highest BCUT2D eigenvalue weighted by Crippen LogP contribution is 2.25. The second kappa shape index (κ2) is 29.7. The SMILES string of the molecule is CC(C)CC1C(=O)OC(Cc2ccc(/C=C/C#N)cc2)C(=O)N(C)C(CC(C)C)C(=O)OC(C)C(=O)N(C)C(CC(C)C)C(=O)OC(Cc2ccc(/C=C/C#N)cc2)C(=O)N(C)C(CC(C)C)C(=O)OC(C)C(=O)N1C. The van der Waals surface area contributed by atoms with Crippen LogP contribution in [0.4, 0.5) is 0 Å². The van der Waals surface area contributed by atoms with Crippen LogP contribution in [0.15, 0.2) is 60.7 Å². The number of amides is 4. The summed E-state index contributed by atoms with van der Waals surface area (Å²) in [4.78, 5) is 121. The van der Waals surface area contributed by atoms with E-state index in [0.29, 0.717) is 22.3 Å². The zero-order chi connectivity index (χ0) is 57.1. The normalized spacial score (nSPS) is 23.8. The molecule has 0 radical (unpaired) electrons. The van der Waals surface area contributed by atoms with E-state index in [1.54, 1.807) is 60.7 Å². The molecule has 1 saturated heterocycles. The lowest BCUT2D eigenvalue weighted by Crippen LogP contribution is -2.55. The monoisotopic (exact) mass is 1050 g/mol. The molecular formula is C58H78N6O12. The Labute approximate surface area is 448 Å². The Hall–Kier alpha value is -7.34. The van der Waals surface area contributed by atoms with Crippen molar-refractivity contribution in [2.45, 2.75) is 156 Å². The lowest BCUT2D eigenvalue weighted by molar-refractivity contribution is -0.176. The fraction of sp³-hybridized carbons (Fsp3) is 0.552. The first-order valence-corrected chi connectivity index (χ1v) is 25.9. The first-order chi connectivity index (χ1) is 35.7. The van der Waals surface area contributed by atoms with Gasteiger partial charge in [-0.15, -0.1) is 0 Å². The molecule has 0 saturated carbocycles. The molecule has 76 heavy (non-hydrogen) atoms. The van der Waals surface area contributed by atoms with E-state index in [-0.39, 0.29) is 62.2 Å². The minimum absolute atomic E-state index is 0.0612. The molecule has 18 nitrogen and oxygen atoms in total. The predicted octanol–water partition coefficient (Wildman–Crippen LogP) is 6.74. The molecule has 0 N–H and O–H groups in total. The number of hydrogen-bond acceptors (Lipinski definition) is 14. The molecule has 8 atom stereocenters. The molecule has 412 valence electrons. The van der Waals surface area contributed by atoms with Gasteiger partial charge >= 0.3 is 23.9 Å². The van der Waals surface area contributed by atoms with E-state index in [1.165, 1.54) is 54.2 Å². The van der Waals surface area contributed by atoms with Crippen LogP contribution in [0.3, 0.4) is 0 Å². The highest BCUT2D eigenvalue weighted by molar-refractivity contribution is 5.94. The first kappa shape index (κ1) is 63.0. The van der Waals surface area contributed by atoms with Crippen molar-refractivity contribution in [2.24, 2.45) is 23.7 Å². The largest absolute Gasteiger partial charge is 0.451 e. The van der Waals surface area contributed by atoms with Crippen LogP contribution < -0.4 is 0 Å². The summed E-state index contributed by atoms with van der Waals surface area (Å²) in [7, 11) is 5.44. The molecule has 0 bridgehead atoms. The number of likely N-dealkylation sites (N-methyl/N-ethyl adjacent to an activating group) is 4. The van der Waals surface area contributed by atoms with Crippen molar-refractivity contribution in [3.63, 3.8) is 0 Å². The van der Waals surface area contributed by atoms with Gasteiger partial charge in [0.05, 0.1) is 12.1 Å². The second-order valence-corrected chi connectivity index (χ2v) is 21.2. The number of esters is 4. The molecule has 2 aromatic carbocycles. The smallest absolute Gasteiger partial charge is 0.329 e. The summed E-state index contributed by atoms with van der Waals surface area (Å²) in [5.41, 5.74) is 2.49. The van der Waals surface area contributed by atoms with Crippen LogP contribution in [0.25, 0.3) is 12.2 Å². The van der Waals surface area contributed by atoms with Gasteiger partial charge in [0, 0.05) is 53.2 Å². The Bertz CT molecular complexity index is 2300. The van der Waals surface area contributed by atoms with E-state index in [4.69, 9.17) is 29.5 Å². The zero-order valence-electron chi connectivity index (χ0n) is 46.7. The maximum Gasteiger partial charge on any atom is 0.329 e. The van der Waals surface area contributed by atoms with Crippen molar-refractivity contribution in [1.82, 2.24) is 19.6 Å². The second-order valence-electron chi connectivity index (χ2n) is 21.2. The average Bonchev–Trinajstić information content (AvgIpc) is 3.36. The Morgan fingerprint density at radius 1 is 0.434 bits per heavy atom. The number of carbonyl (C=O) groups is 8. The predicted molar refractivity (Wildman–Crippen MR) is 285 cm³/mol. The number of hydrogen-bond donors (Lipinski definition) is 0. The highest BCUT2D eigenvalue weighted by Gasteiger charge is 2.43. The summed E-state index contributed by atoms with van der Waals surface area (Å²) in [6.07, 6.45) is -0.427. The minimum atomic E-state index is -1.56. The summed E-state index contributed by atoms with van der Waals surface area (Å²) in [5, 5.41) is 18.1. The molecule has 4 amide bonds. The molecule has 0 aliphatic carbocycles. The van der Waals surface area contributed by atoms with Gasteiger partial charge in [0.1, 0.15) is 24.2 Å². The van der Waals surface area contributed by atoms with E-state index in [1.807, 2.05) is 67.5 Å². The Kier molecular flexibility index (Phi) is 24.6. The molecule has 8 unspecified atom stereocenters. The molecule has 18 heteroatoms. The number of nitriles is 2. The number of cyclic esters (lactones) is 4. The van der Waals surface area contributed by atoms with Gasteiger partial charge in [-0.1, -0.05) is 104 Å². The lowest BCUT2D eigenvalue weighted by Gasteiger charge is -2.35. The van der Waals surface area contributed by atoms with Crippen LogP contribution in [-0.2, 0) is 70.1 Å². The van der Waals surface area contributed by atoms with E-state index >= 15 is 0 Å². The number of nitrogens with zero attached hydrogens (tertiary/aromatic N) is 6. The molecule has 1 aliphatic heterocycles. The van der Waals surface area contributed by atoms with E-state index in [9.17, 15) is 38.4 Å². The molecule has 1 fully saturated rings. The zero-order valence-corrected chi connectivity index (χ0v) is 46.7. The van der Waals surface area contributed by atoms with Gasteiger partial charge in [-0.2, -0.15) is 10.5 Å². The average molecular weight is 1050 g/mol. The molecule has 0 spiro atoms. The van der Waals surface area contributed by atoms with Gasteiger partial charge in [-0.05, 0) is 97.6 Å². The fourth-order valence-corrected chi connectivity index (χ4v) is 8.71. The van der Waals surface area contributed by atoms with Gasteiger partial charge in [-0.25, -0.2) is 19.2 Å². The molecule has 0 aromatic heterocycles. The van der Waals surface area contributed by atoms with Crippen LogP contribution in [0, 0.1) is 46.3 Å². The third-order valence-corrected chi connectivity index (χ3v) is 13.0. The first-order valence-electron chi connectivity index (χ1n) is 25.9. The quantitative estimate of drug-likeness (QED) is 0.108. The molecule has 3 rings (SSSR count). The third kappa shape index (κ3) is 18.5. The fourth-order valence-electron chi connectivity index (χ4n) is 8.71. The van der Waals surface area contributed by atoms with Gasteiger partial charge in [0.25, 0.3) is 23.6 Å². The van der Waals surface area contributed by atoms with Crippen molar-refractivity contribution in [2.75, 3.05) is 28.2 Å². The summed E-state index contributed by atoms with van der Waals surface area (Å²) < 4.78 is 23.9. The van der Waals surface area contributed by atoms with Crippen molar-refractivity contribution < 1.29 is 57.3 Å². The van der Waals surface area contributed by atoms with Crippen molar-refractivity contribution in [3.8, 4) is 12.1 Å². The van der Waals surface area contributed by atoms with Crippen LogP contribution >= 0.6 is 0 Å². The Morgan fingerprint density at radius 3 is 0.934 bits per heavy atom. The van der Waals surface area contributed by atoms with Crippen molar-refractivity contribution in [1.29, 1.82) is 10.5 Å². The lowest BCUT2D eigenvalue weighted by atomic mass is 9.99. The third-order valence-electron chi connectivity index (χ3n) is 13.0. The van der Waals surface area contributed by atoms with Crippen LogP contribution in [0.5, 0.6) is 0 Å². The van der Waals surface area contributed by atoms with Crippen LogP contribution in [0.2, 0.25) is 0 Å². The van der Waals surface area contributed by atoms with E-state index in [2.05, 4.69) is 0 Å². The topological polar surface area (TPSA) is 234 Å². The molecule has 1 aliphatic rings. The molecule has 2 aromatic rings. The summed E-state index contributed by atoms with van der Waals surface area (Å²) >= 11 is 0. The molecular weight excluding hydrogens is 973 g/mol. The van der Waals surface area contributed by atoms with Gasteiger partial charge < -0.3 is 38.5 Å². The highest BCUT2D eigenvalue weighted by atomic mass is 16.6. The van der Waals surface area contributed by atoms with Gasteiger partial charge in [0.2, 0.25) is 0 Å². The van der Waals surface area contributed by atoms with Gasteiger partial charge in [0.15, 0.2) is 24.4 Å². The maximum atomic E-state index is 14.8. The number of ether oxygens (including phenoxy) is 4. The standard InChI is InChI=1S/C58H78N6O12/c1-35(2)29-45-55(69)73-39(9)51(65)61(11)48(32-38(7)8)58(72)76-50(34-44-25-21-42(22-26-44)18-16-28-60)54(68)64(14)46(30-36(3)4)56(70)74-40(10)52(66)62(12)47(31-37(5)6)57(71)75-49(53(67)63(45)13)33-43-23-19-41(20-24-43)17-15-27-59/h15-26,35-40,45-50H,29-34H2,1-14H3/b17-15+,18-16+. The number of benzene rings is 2. The van der Waals surface area contributed by atoms with E-state index < -0.39 is 96.1 Å². The Balaban J connectivity index is 2.28. The van der Waals surface area contributed by atoms with Crippen molar-refractivity contribution >= 4 is 59.7 Å². The Morgan fingerprint density at radius 2 is 0.684 bits per heavy atom. The minimum Gasteiger partial charge on any atom is -0.451 e. The summed E-state index contributed by atoms with van der Waals surface area (Å²) in [6.45, 7) is 17.3. The van der Waals surface area contributed by atoms with Crippen LogP contribution in [-0.4, -0.2) is 144 Å².